The zero-order chi connectivity index (χ0) is 17.4. The van der Waals surface area contributed by atoms with Crippen LogP contribution in [0.15, 0.2) is 35.3 Å². The van der Waals surface area contributed by atoms with E-state index in [-0.39, 0.29) is 12.3 Å². The van der Waals surface area contributed by atoms with E-state index in [4.69, 9.17) is 4.74 Å². The van der Waals surface area contributed by atoms with Gasteiger partial charge in [0.15, 0.2) is 5.60 Å². The lowest BCUT2D eigenvalue weighted by molar-refractivity contribution is -0.0767. The highest BCUT2D eigenvalue weighted by Crippen LogP contribution is 2.34. The molecule has 1 spiro atoms. The number of piperidine rings is 1. The topological polar surface area (TPSA) is 82.4 Å². The number of amidine groups is 1. The Morgan fingerprint density at radius 1 is 1.38 bits per heavy atom. The van der Waals surface area contributed by atoms with Crippen LogP contribution in [0.25, 0.3) is 0 Å². The molecule has 0 bridgehead atoms. The van der Waals surface area contributed by atoms with E-state index in [0.717, 1.165) is 5.69 Å². The average Bonchev–Trinajstić information content (AvgIpc) is 2.88. The zero-order valence-electron chi connectivity index (χ0n) is 13.9. The molecule has 2 aliphatic heterocycles. The van der Waals surface area contributed by atoms with Crippen molar-refractivity contribution in [3.05, 3.63) is 30.3 Å². The highest BCUT2D eigenvalue weighted by Gasteiger charge is 2.52. The molecule has 0 unspecified atom stereocenters. The lowest BCUT2D eigenvalue weighted by Crippen LogP contribution is -2.58. The van der Waals surface area contributed by atoms with E-state index >= 15 is 0 Å². The molecule has 24 heavy (non-hydrogen) atoms. The third-order valence-corrected chi connectivity index (χ3v) is 6.48. The van der Waals surface area contributed by atoms with E-state index in [1.165, 1.54) is 4.31 Å². The highest BCUT2D eigenvalue weighted by molar-refractivity contribution is 7.89. The number of hydrogen-bond acceptors (Lipinski definition) is 5. The smallest absolute Gasteiger partial charge is 0.293 e. The Kier molecular flexibility index (Phi) is 4.54. The van der Waals surface area contributed by atoms with Crippen LogP contribution in [-0.4, -0.2) is 72.9 Å². The number of β-amino-alcohol motifs (C(OH)–C–C–N with tert-alkyl or cyclic N) is 1. The number of ether oxygens (including phenoxy) is 1. The maximum Gasteiger partial charge on any atom is 0.293 e. The quantitative estimate of drug-likeness (QED) is 0.869. The second-order valence-electron chi connectivity index (χ2n) is 6.28. The first-order chi connectivity index (χ1) is 11.4. The summed E-state index contributed by atoms with van der Waals surface area (Å²) in [6.45, 7) is 2.50. The first-order valence-corrected chi connectivity index (χ1v) is 9.67. The first-order valence-electron chi connectivity index (χ1n) is 8.06. The largest absolute Gasteiger partial charge is 0.454 e. The molecule has 2 atom stereocenters. The Morgan fingerprint density at radius 2 is 2.08 bits per heavy atom. The number of likely N-dealkylation sites (N-methyl/N-ethyl adjacent to an activating group) is 1. The van der Waals surface area contributed by atoms with Gasteiger partial charge in [-0.2, -0.15) is 9.30 Å². The normalized spacial score (nSPS) is 30.0. The summed E-state index contributed by atoms with van der Waals surface area (Å²) in [7, 11) is -1.44. The number of aliphatic hydroxyl groups excluding tert-OH is 1. The molecule has 2 heterocycles. The van der Waals surface area contributed by atoms with Crippen LogP contribution in [-0.2, 0) is 14.8 Å². The van der Waals surface area contributed by atoms with E-state index in [9.17, 15) is 13.5 Å². The van der Waals surface area contributed by atoms with Crippen molar-refractivity contribution < 1.29 is 18.3 Å². The number of sulfonamides is 1. The van der Waals surface area contributed by atoms with Crippen LogP contribution in [0.4, 0.5) is 5.69 Å². The van der Waals surface area contributed by atoms with Gasteiger partial charge in [0, 0.05) is 26.6 Å². The Balaban J connectivity index is 1.78. The summed E-state index contributed by atoms with van der Waals surface area (Å²) in [6, 6.07) is 9.91. The summed E-state index contributed by atoms with van der Waals surface area (Å²) in [5.41, 5.74) is -0.0286. The summed E-state index contributed by atoms with van der Waals surface area (Å²) >= 11 is 0. The Bertz CT molecular complexity index is 722. The van der Waals surface area contributed by atoms with Crippen molar-refractivity contribution in [2.75, 3.05) is 32.4 Å². The lowest BCUT2D eigenvalue weighted by Gasteiger charge is -2.40. The molecule has 0 aliphatic carbocycles. The monoisotopic (exact) mass is 353 g/mol. The number of benzene rings is 1. The molecule has 0 aromatic heterocycles. The van der Waals surface area contributed by atoms with Gasteiger partial charge in [-0.05, 0) is 19.1 Å². The van der Waals surface area contributed by atoms with Gasteiger partial charge in [-0.15, -0.1) is 0 Å². The van der Waals surface area contributed by atoms with Gasteiger partial charge in [0.2, 0.25) is 10.0 Å². The van der Waals surface area contributed by atoms with Crippen molar-refractivity contribution in [3.8, 4) is 0 Å². The molecular formula is C16H23N3O4S. The maximum absolute atomic E-state index is 12.0. The minimum Gasteiger partial charge on any atom is -0.454 e. The van der Waals surface area contributed by atoms with E-state index < -0.39 is 21.7 Å². The molecule has 8 heteroatoms. The molecule has 0 radical (unpaired) electrons. The molecule has 1 N–H and O–H groups in total. The predicted octanol–water partition coefficient (Wildman–Crippen LogP) is 0.791. The number of rotatable bonds is 3. The van der Waals surface area contributed by atoms with Gasteiger partial charge in [0.1, 0.15) is 6.10 Å². The van der Waals surface area contributed by atoms with Gasteiger partial charge in [-0.3, -0.25) is 0 Å². The molecule has 3 rings (SSSR count). The summed E-state index contributed by atoms with van der Waals surface area (Å²) in [4.78, 5) is 6.35. The summed E-state index contributed by atoms with van der Waals surface area (Å²) in [5.74, 6) is 0.0359. The van der Waals surface area contributed by atoms with Crippen LogP contribution < -0.4 is 0 Å². The Labute approximate surface area is 142 Å². The van der Waals surface area contributed by atoms with Crippen molar-refractivity contribution in [2.24, 2.45) is 4.99 Å². The Hall–Kier alpha value is -1.64. The number of hydrogen-bond donors (Lipinski definition) is 1. The molecule has 0 saturated carbocycles. The van der Waals surface area contributed by atoms with Gasteiger partial charge in [-0.1, -0.05) is 18.2 Å². The zero-order valence-corrected chi connectivity index (χ0v) is 14.7. The SMILES string of the molecule is CCS(=O)(=O)N1CC[C@@]2(CN(C)C(=Nc3ccccc3)O2)[C@@H](O)C1. The van der Waals surface area contributed by atoms with E-state index in [0.29, 0.717) is 25.5 Å². The molecule has 1 aromatic rings. The van der Waals surface area contributed by atoms with Crippen LogP contribution >= 0.6 is 0 Å². The second kappa shape index (κ2) is 6.34. The summed E-state index contributed by atoms with van der Waals surface area (Å²) in [6.07, 6.45) is -0.454. The van der Waals surface area contributed by atoms with Crippen molar-refractivity contribution in [1.29, 1.82) is 0 Å². The van der Waals surface area contributed by atoms with Crippen LogP contribution in [0.3, 0.4) is 0 Å². The van der Waals surface area contributed by atoms with Crippen LogP contribution in [0.5, 0.6) is 0 Å². The lowest BCUT2D eigenvalue weighted by atomic mass is 9.89. The van der Waals surface area contributed by atoms with Crippen molar-refractivity contribution in [2.45, 2.75) is 25.0 Å². The van der Waals surface area contributed by atoms with E-state index in [1.807, 2.05) is 42.3 Å². The molecule has 1 aromatic carbocycles. The fourth-order valence-corrected chi connectivity index (χ4v) is 4.25. The minimum absolute atomic E-state index is 0.0359. The Morgan fingerprint density at radius 3 is 2.71 bits per heavy atom. The van der Waals surface area contributed by atoms with Gasteiger partial charge >= 0.3 is 0 Å². The molecule has 2 aliphatic rings. The second-order valence-corrected chi connectivity index (χ2v) is 8.53. The van der Waals surface area contributed by atoms with Gasteiger partial charge in [-0.25, -0.2) is 8.42 Å². The molecular weight excluding hydrogens is 330 g/mol. The van der Waals surface area contributed by atoms with Crippen LogP contribution in [0.1, 0.15) is 13.3 Å². The summed E-state index contributed by atoms with van der Waals surface area (Å²) in [5, 5.41) is 10.6. The van der Waals surface area contributed by atoms with Gasteiger partial charge in [0.05, 0.1) is 18.0 Å². The summed E-state index contributed by atoms with van der Waals surface area (Å²) < 4.78 is 31.4. The molecule has 7 nitrogen and oxygen atoms in total. The minimum atomic E-state index is -3.30. The fourth-order valence-electron chi connectivity index (χ4n) is 3.15. The average molecular weight is 353 g/mol. The van der Waals surface area contributed by atoms with Crippen molar-refractivity contribution in [3.63, 3.8) is 0 Å². The van der Waals surface area contributed by atoms with Gasteiger partial charge < -0.3 is 14.7 Å². The van der Waals surface area contributed by atoms with Crippen LogP contribution in [0.2, 0.25) is 0 Å². The number of aliphatic imine (C=N–C) groups is 1. The molecule has 2 saturated heterocycles. The predicted molar refractivity (Wildman–Crippen MR) is 91.6 cm³/mol. The van der Waals surface area contributed by atoms with Crippen molar-refractivity contribution >= 4 is 21.7 Å². The molecule has 132 valence electrons. The highest BCUT2D eigenvalue weighted by atomic mass is 32.2. The number of nitrogens with zero attached hydrogens (tertiary/aromatic N) is 3. The standard InChI is InChI=1S/C16H23N3O4S/c1-3-24(21,22)19-10-9-16(14(20)11-19)12-18(2)15(23-16)17-13-7-5-4-6-8-13/h4-8,14,20H,3,9-12H2,1-2H3/t14-,16+/m0/s1. The first kappa shape index (κ1) is 17.2. The third-order valence-electron chi connectivity index (χ3n) is 4.63. The van der Waals surface area contributed by atoms with Gasteiger partial charge in [0.25, 0.3) is 6.02 Å². The fraction of sp³-hybridized carbons (Fsp3) is 0.562. The molecule has 2 fully saturated rings. The number of aliphatic hydroxyl groups is 1. The third kappa shape index (κ3) is 3.13. The van der Waals surface area contributed by atoms with Crippen LogP contribution in [0, 0.1) is 0 Å². The van der Waals surface area contributed by atoms with Crippen molar-refractivity contribution in [1.82, 2.24) is 9.21 Å². The maximum atomic E-state index is 12.0. The van der Waals surface area contributed by atoms with E-state index in [2.05, 4.69) is 4.99 Å². The molecule has 0 amide bonds. The van der Waals surface area contributed by atoms with E-state index in [1.54, 1.807) is 6.92 Å². The number of para-hydroxylation sites is 1.